The Bertz CT molecular complexity index is 483. The van der Waals surface area contributed by atoms with E-state index in [2.05, 4.69) is 10.6 Å². The van der Waals surface area contributed by atoms with Gasteiger partial charge in [0, 0.05) is 25.1 Å². The number of carboxylic acids is 1. The van der Waals surface area contributed by atoms with Crippen LogP contribution in [0.25, 0.3) is 0 Å². The van der Waals surface area contributed by atoms with E-state index < -0.39 is 5.97 Å². The summed E-state index contributed by atoms with van der Waals surface area (Å²) >= 11 is 0. The van der Waals surface area contributed by atoms with Crippen molar-refractivity contribution in [3.63, 3.8) is 0 Å². The van der Waals surface area contributed by atoms with Crippen LogP contribution in [0.4, 0.5) is 0 Å². The topological polar surface area (TPSA) is 120 Å². The summed E-state index contributed by atoms with van der Waals surface area (Å²) in [5.41, 5.74) is 6.08. The Morgan fingerprint density at radius 2 is 1.67 bits per heavy atom. The van der Waals surface area contributed by atoms with Crippen LogP contribution in [0.15, 0.2) is 24.3 Å². The Hall–Kier alpha value is -1.83. The molecule has 0 fully saturated rings. The molecule has 1 aromatic rings. The molecule has 8 heteroatoms. The number of ether oxygens (including phenoxy) is 1. The van der Waals surface area contributed by atoms with Crippen LogP contribution in [0.2, 0.25) is 0 Å². The van der Waals surface area contributed by atoms with E-state index in [-0.39, 0.29) is 24.7 Å². The number of hydrogen-bond donors (Lipinski definition) is 5. The predicted octanol–water partition coefficient (Wildman–Crippen LogP) is 1.21. The van der Waals surface area contributed by atoms with Gasteiger partial charge in [-0.05, 0) is 50.2 Å². The van der Waals surface area contributed by atoms with E-state index in [0.29, 0.717) is 18.6 Å². The second-order valence-electron chi connectivity index (χ2n) is 5.14. The van der Waals surface area contributed by atoms with Crippen LogP contribution in [0.5, 0.6) is 5.75 Å². The van der Waals surface area contributed by atoms with Crippen molar-refractivity contribution < 1.29 is 14.6 Å². The summed E-state index contributed by atoms with van der Waals surface area (Å²) in [6.07, 6.45) is 1.77. The molecular weight excluding hydrogens is 332 g/mol. The molecule has 0 unspecified atom stereocenters. The van der Waals surface area contributed by atoms with E-state index in [9.17, 15) is 4.79 Å². The van der Waals surface area contributed by atoms with Crippen molar-refractivity contribution in [3.8, 4) is 5.75 Å². The monoisotopic (exact) mass is 358 g/mol. The third-order valence-corrected chi connectivity index (χ3v) is 3.15. The van der Waals surface area contributed by atoms with Gasteiger partial charge in [0.1, 0.15) is 11.6 Å². The van der Waals surface area contributed by atoms with E-state index in [1.54, 1.807) is 12.1 Å². The summed E-state index contributed by atoms with van der Waals surface area (Å²) in [6.45, 7) is 3.89. The first-order valence-corrected chi connectivity index (χ1v) is 7.80. The Kier molecular flexibility index (Phi) is 12.6. The van der Waals surface area contributed by atoms with Gasteiger partial charge in [-0.3, -0.25) is 10.2 Å². The molecule has 0 heterocycles. The second-order valence-corrected chi connectivity index (χ2v) is 5.14. The van der Waals surface area contributed by atoms with Gasteiger partial charge >= 0.3 is 5.97 Å². The van der Waals surface area contributed by atoms with Crippen molar-refractivity contribution in [3.05, 3.63) is 29.8 Å². The van der Waals surface area contributed by atoms with Crippen molar-refractivity contribution in [2.75, 3.05) is 32.8 Å². The van der Waals surface area contributed by atoms with Crippen LogP contribution in [-0.2, 0) is 4.79 Å². The normalized spacial score (nSPS) is 10.0. The van der Waals surface area contributed by atoms with E-state index in [1.807, 2.05) is 12.1 Å². The lowest BCUT2D eigenvalue weighted by Gasteiger charge is -2.08. The van der Waals surface area contributed by atoms with Gasteiger partial charge in [0.05, 0.1) is 6.61 Å². The molecule has 0 saturated heterocycles. The van der Waals surface area contributed by atoms with Gasteiger partial charge in [0.25, 0.3) is 0 Å². The van der Waals surface area contributed by atoms with Gasteiger partial charge in [-0.15, -0.1) is 12.4 Å². The minimum Gasteiger partial charge on any atom is -0.494 e. The number of rotatable bonds is 13. The standard InChI is InChI=1S/C16H26N4O3.ClH/c17-16(18)13-4-6-14(7-5-13)23-12-2-9-20-11-10-19-8-1-3-15(21)22;/h4-7,19-20H,1-3,8-12H2,(H3,17,18)(H,21,22);1H. The van der Waals surface area contributed by atoms with Gasteiger partial charge in [-0.1, -0.05) is 0 Å². The summed E-state index contributed by atoms with van der Waals surface area (Å²) in [6, 6.07) is 7.16. The molecule has 136 valence electrons. The molecule has 0 aliphatic rings. The lowest BCUT2D eigenvalue weighted by molar-refractivity contribution is -0.137. The van der Waals surface area contributed by atoms with E-state index in [4.69, 9.17) is 21.0 Å². The SMILES string of the molecule is Cl.N=C(N)c1ccc(OCCCNCCNCCCC(=O)O)cc1. The molecule has 7 nitrogen and oxygen atoms in total. The highest BCUT2D eigenvalue weighted by molar-refractivity contribution is 5.94. The predicted molar refractivity (Wildman–Crippen MR) is 97.4 cm³/mol. The van der Waals surface area contributed by atoms with Crippen LogP contribution in [0.3, 0.4) is 0 Å². The summed E-state index contributed by atoms with van der Waals surface area (Å²) in [5.74, 6) is 0.0771. The molecule has 0 aliphatic heterocycles. The first-order valence-electron chi connectivity index (χ1n) is 7.80. The largest absolute Gasteiger partial charge is 0.494 e. The average Bonchev–Trinajstić information content (AvgIpc) is 2.52. The number of hydrogen-bond acceptors (Lipinski definition) is 5. The number of halogens is 1. The number of amidine groups is 1. The molecule has 0 aliphatic carbocycles. The Labute approximate surface area is 148 Å². The zero-order valence-electron chi connectivity index (χ0n) is 13.7. The molecule has 1 aromatic carbocycles. The minimum atomic E-state index is -0.749. The van der Waals surface area contributed by atoms with E-state index in [0.717, 1.165) is 38.3 Å². The Balaban J connectivity index is 0.00000529. The average molecular weight is 359 g/mol. The number of nitrogens with two attached hydrogens (primary N) is 1. The summed E-state index contributed by atoms with van der Waals surface area (Å²) in [7, 11) is 0. The van der Waals surface area contributed by atoms with Crippen molar-refractivity contribution in [2.24, 2.45) is 5.73 Å². The third kappa shape index (κ3) is 10.8. The molecule has 0 saturated carbocycles. The molecule has 6 N–H and O–H groups in total. The lowest BCUT2D eigenvalue weighted by Crippen LogP contribution is -2.29. The maximum absolute atomic E-state index is 10.3. The number of aliphatic carboxylic acids is 1. The molecule has 0 atom stereocenters. The molecule has 24 heavy (non-hydrogen) atoms. The fourth-order valence-corrected chi connectivity index (χ4v) is 1.91. The summed E-state index contributed by atoms with van der Waals surface area (Å²) in [5, 5.41) is 22.3. The van der Waals surface area contributed by atoms with Crippen LogP contribution in [0.1, 0.15) is 24.8 Å². The van der Waals surface area contributed by atoms with Gasteiger partial charge in [-0.2, -0.15) is 0 Å². The zero-order valence-corrected chi connectivity index (χ0v) is 14.5. The van der Waals surface area contributed by atoms with Gasteiger partial charge in [-0.25, -0.2) is 0 Å². The Morgan fingerprint density at radius 1 is 1.08 bits per heavy atom. The molecule has 1 rings (SSSR count). The van der Waals surface area contributed by atoms with Crippen molar-refractivity contribution in [2.45, 2.75) is 19.3 Å². The third-order valence-electron chi connectivity index (χ3n) is 3.15. The summed E-state index contributed by atoms with van der Waals surface area (Å²) in [4.78, 5) is 10.3. The fourth-order valence-electron chi connectivity index (χ4n) is 1.91. The number of nitrogens with one attached hydrogen (secondary N) is 3. The second kappa shape index (κ2) is 13.6. The number of benzene rings is 1. The van der Waals surface area contributed by atoms with Crippen LogP contribution < -0.4 is 21.1 Å². The number of carboxylic acid groups (broad SMARTS) is 1. The first-order chi connectivity index (χ1) is 11.1. The molecular formula is C16H27ClN4O3. The van der Waals surface area contributed by atoms with Crippen molar-refractivity contribution >= 4 is 24.2 Å². The molecule has 0 bridgehead atoms. The molecule has 0 radical (unpaired) electrons. The highest BCUT2D eigenvalue weighted by Crippen LogP contribution is 2.11. The minimum absolute atomic E-state index is 0. The van der Waals surface area contributed by atoms with Crippen molar-refractivity contribution in [1.82, 2.24) is 10.6 Å². The highest BCUT2D eigenvalue weighted by Gasteiger charge is 1.98. The Morgan fingerprint density at radius 3 is 2.21 bits per heavy atom. The number of carbonyl (C=O) groups is 1. The molecule has 0 spiro atoms. The quantitative estimate of drug-likeness (QED) is 0.205. The number of nitrogen functional groups attached to an aromatic ring is 1. The summed E-state index contributed by atoms with van der Waals surface area (Å²) < 4.78 is 5.60. The first kappa shape index (κ1) is 22.2. The van der Waals surface area contributed by atoms with E-state index >= 15 is 0 Å². The van der Waals surface area contributed by atoms with Crippen LogP contribution in [-0.4, -0.2) is 49.7 Å². The lowest BCUT2D eigenvalue weighted by atomic mass is 10.2. The maximum atomic E-state index is 10.3. The van der Waals surface area contributed by atoms with E-state index in [1.165, 1.54) is 0 Å². The van der Waals surface area contributed by atoms with Crippen LogP contribution in [0, 0.1) is 5.41 Å². The van der Waals surface area contributed by atoms with Gasteiger partial charge in [0.15, 0.2) is 0 Å². The highest BCUT2D eigenvalue weighted by atomic mass is 35.5. The van der Waals surface area contributed by atoms with Gasteiger partial charge in [0.2, 0.25) is 0 Å². The zero-order chi connectivity index (χ0) is 16.9. The van der Waals surface area contributed by atoms with Gasteiger partial charge < -0.3 is 26.2 Å². The molecule has 0 aromatic heterocycles. The van der Waals surface area contributed by atoms with Crippen LogP contribution >= 0.6 is 12.4 Å². The van der Waals surface area contributed by atoms with Crippen molar-refractivity contribution in [1.29, 1.82) is 5.41 Å². The smallest absolute Gasteiger partial charge is 0.303 e. The fraction of sp³-hybridized carbons (Fsp3) is 0.500. The maximum Gasteiger partial charge on any atom is 0.303 e. The molecule has 0 amide bonds.